The maximum absolute atomic E-state index is 6.15. The topological polar surface area (TPSA) is 34.2 Å². The van der Waals surface area contributed by atoms with Gasteiger partial charge in [-0.05, 0) is 31.2 Å². The van der Waals surface area contributed by atoms with Gasteiger partial charge in [0.2, 0.25) is 0 Å². The van der Waals surface area contributed by atoms with Gasteiger partial charge < -0.3 is 10.1 Å². The minimum atomic E-state index is 0.102. The number of nitrogens with one attached hydrogen (secondary N) is 1. The van der Waals surface area contributed by atoms with Crippen molar-refractivity contribution in [3.63, 3.8) is 0 Å². The first-order chi connectivity index (χ1) is 9.78. The number of aromatic nitrogens is 1. The van der Waals surface area contributed by atoms with Gasteiger partial charge in [0.15, 0.2) is 0 Å². The lowest BCUT2D eigenvalue weighted by atomic mass is 9.96. The molecule has 5 heteroatoms. The van der Waals surface area contributed by atoms with Crippen molar-refractivity contribution in [2.24, 2.45) is 0 Å². The quantitative estimate of drug-likeness (QED) is 0.881. The zero-order valence-corrected chi connectivity index (χ0v) is 13.7. The van der Waals surface area contributed by atoms with Gasteiger partial charge in [0, 0.05) is 28.7 Å². The number of thiazole rings is 1. The van der Waals surface area contributed by atoms with Crippen LogP contribution in [-0.2, 0) is 0 Å². The fourth-order valence-corrected chi connectivity index (χ4v) is 3.55. The normalized spacial score (nSPS) is 21.3. The van der Waals surface area contributed by atoms with E-state index in [1.165, 1.54) is 10.4 Å². The zero-order chi connectivity index (χ0) is 13.9. The highest BCUT2D eigenvalue weighted by molar-refractivity contribution is 9.10. The van der Waals surface area contributed by atoms with E-state index in [0.717, 1.165) is 29.6 Å². The van der Waals surface area contributed by atoms with Crippen LogP contribution in [0.2, 0.25) is 0 Å². The third kappa shape index (κ3) is 2.90. The van der Waals surface area contributed by atoms with E-state index in [1.807, 2.05) is 23.8 Å². The molecule has 20 heavy (non-hydrogen) atoms. The van der Waals surface area contributed by atoms with Gasteiger partial charge in [-0.1, -0.05) is 22.9 Å². The summed E-state index contributed by atoms with van der Waals surface area (Å²) in [6.07, 6.45) is 4.10. The first-order valence-corrected chi connectivity index (χ1v) is 8.53. The number of benzene rings is 1. The van der Waals surface area contributed by atoms with Gasteiger partial charge in [0.1, 0.15) is 11.9 Å². The molecule has 0 spiro atoms. The van der Waals surface area contributed by atoms with Gasteiger partial charge in [-0.2, -0.15) is 0 Å². The molecule has 2 atom stereocenters. The fraction of sp³-hybridized carbons (Fsp3) is 0.400. The van der Waals surface area contributed by atoms with E-state index in [9.17, 15) is 0 Å². The molecule has 0 radical (unpaired) electrons. The lowest BCUT2D eigenvalue weighted by Crippen LogP contribution is -2.29. The molecule has 0 bridgehead atoms. The van der Waals surface area contributed by atoms with Crippen LogP contribution >= 0.6 is 27.3 Å². The Morgan fingerprint density at radius 3 is 3.15 bits per heavy atom. The van der Waals surface area contributed by atoms with Gasteiger partial charge in [0.05, 0.1) is 10.4 Å². The molecule has 3 nitrogen and oxygen atoms in total. The Balaban J connectivity index is 1.90. The van der Waals surface area contributed by atoms with E-state index in [1.54, 1.807) is 11.3 Å². The Hall–Kier alpha value is -0.910. The molecular weight excluding hydrogens is 336 g/mol. The highest BCUT2D eigenvalue weighted by atomic mass is 79.9. The first-order valence-electron chi connectivity index (χ1n) is 6.85. The van der Waals surface area contributed by atoms with Crippen LogP contribution in [0.15, 0.2) is 34.4 Å². The maximum Gasteiger partial charge on any atom is 0.136 e. The summed E-state index contributed by atoms with van der Waals surface area (Å²) in [6.45, 7) is 3.21. The smallest absolute Gasteiger partial charge is 0.136 e. The second-order valence-electron chi connectivity index (χ2n) is 4.93. The minimum absolute atomic E-state index is 0.102. The van der Waals surface area contributed by atoms with Crippen LogP contribution in [0.5, 0.6) is 5.75 Å². The van der Waals surface area contributed by atoms with Crippen LogP contribution in [0, 0.1) is 0 Å². The maximum atomic E-state index is 6.15. The van der Waals surface area contributed by atoms with Crippen LogP contribution < -0.4 is 10.1 Å². The van der Waals surface area contributed by atoms with E-state index in [2.05, 4.69) is 39.2 Å². The van der Waals surface area contributed by atoms with E-state index in [0.29, 0.717) is 6.04 Å². The molecule has 0 fully saturated rings. The molecule has 0 aliphatic carbocycles. The van der Waals surface area contributed by atoms with Crippen molar-refractivity contribution in [3.8, 4) is 5.75 Å². The second-order valence-corrected chi connectivity index (χ2v) is 6.77. The molecule has 1 aliphatic heterocycles. The SMILES string of the molecule is CCCNC1CC(c2cncs2)Oc2ccc(Br)cc21. The van der Waals surface area contributed by atoms with E-state index in [4.69, 9.17) is 4.74 Å². The molecule has 1 aromatic heterocycles. The lowest BCUT2D eigenvalue weighted by molar-refractivity contribution is 0.154. The largest absolute Gasteiger partial charge is 0.484 e. The van der Waals surface area contributed by atoms with E-state index in [-0.39, 0.29) is 6.10 Å². The number of nitrogens with zero attached hydrogens (tertiary/aromatic N) is 1. The van der Waals surface area contributed by atoms with Crippen LogP contribution in [0.25, 0.3) is 0 Å². The Labute approximate surface area is 131 Å². The van der Waals surface area contributed by atoms with Crippen molar-refractivity contribution in [3.05, 3.63) is 44.8 Å². The van der Waals surface area contributed by atoms with E-state index < -0.39 is 0 Å². The van der Waals surface area contributed by atoms with Crippen molar-refractivity contribution in [2.45, 2.75) is 31.9 Å². The van der Waals surface area contributed by atoms with Gasteiger partial charge in [-0.15, -0.1) is 11.3 Å². The van der Waals surface area contributed by atoms with Gasteiger partial charge >= 0.3 is 0 Å². The number of hydrogen-bond donors (Lipinski definition) is 1. The molecule has 3 rings (SSSR count). The molecular formula is C15H17BrN2OS. The number of ether oxygens (including phenoxy) is 1. The van der Waals surface area contributed by atoms with Crippen LogP contribution in [0.1, 0.15) is 42.4 Å². The third-order valence-corrected chi connectivity index (χ3v) is 4.84. The predicted molar refractivity (Wildman–Crippen MR) is 85.3 cm³/mol. The van der Waals surface area contributed by atoms with Gasteiger partial charge in [0.25, 0.3) is 0 Å². The molecule has 2 aromatic rings. The van der Waals surface area contributed by atoms with Gasteiger partial charge in [-0.3, -0.25) is 4.98 Å². The van der Waals surface area contributed by atoms with Crippen molar-refractivity contribution < 1.29 is 4.74 Å². The standard InChI is InChI=1S/C15H17BrN2OS/c1-2-5-18-12-7-14(15-8-17-9-20-15)19-13-4-3-10(16)6-11(12)13/h3-4,6,8-9,12,14,18H,2,5,7H2,1H3. The Bertz CT molecular complexity index is 573. The molecule has 2 unspecified atom stereocenters. The summed E-state index contributed by atoms with van der Waals surface area (Å²) in [5.74, 6) is 0.978. The van der Waals surface area contributed by atoms with Crippen molar-refractivity contribution >= 4 is 27.3 Å². The number of rotatable bonds is 4. The summed E-state index contributed by atoms with van der Waals surface area (Å²) in [7, 11) is 0. The van der Waals surface area contributed by atoms with E-state index >= 15 is 0 Å². The summed E-state index contributed by atoms with van der Waals surface area (Å²) < 4.78 is 7.25. The zero-order valence-electron chi connectivity index (χ0n) is 11.3. The van der Waals surface area contributed by atoms with Crippen LogP contribution in [0.4, 0.5) is 0 Å². The fourth-order valence-electron chi connectivity index (χ4n) is 2.51. The van der Waals surface area contributed by atoms with Crippen molar-refractivity contribution in [2.75, 3.05) is 6.54 Å². The molecule has 1 aromatic carbocycles. The Morgan fingerprint density at radius 1 is 1.50 bits per heavy atom. The highest BCUT2D eigenvalue weighted by Crippen LogP contribution is 2.42. The minimum Gasteiger partial charge on any atom is -0.484 e. The number of hydrogen-bond acceptors (Lipinski definition) is 4. The Kier molecular flexibility index (Phi) is 4.38. The monoisotopic (exact) mass is 352 g/mol. The predicted octanol–water partition coefficient (Wildman–Crippen LogP) is 4.47. The Morgan fingerprint density at radius 2 is 2.40 bits per heavy atom. The summed E-state index contributed by atoms with van der Waals surface area (Å²) in [5, 5.41) is 3.63. The average molecular weight is 353 g/mol. The first kappa shape index (κ1) is 14.0. The third-order valence-electron chi connectivity index (χ3n) is 3.48. The summed E-state index contributed by atoms with van der Waals surface area (Å²) in [6, 6.07) is 6.58. The number of fused-ring (bicyclic) bond motifs is 1. The van der Waals surface area contributed by atoms with Crippen LogP contribution in [0.3, 0.4) is 0 Å². The van der Waals surface area contributed by atoms with Crippen molar-refractivity contribution in [1.29, 1.82) is 0 Å². The molecule has 0 saturated heterocycles. The molecule has 1 aliphatic rings. The second kappa shape index (κ2) is 6.24. The molecule has 1 N–H and O–H groups in total. The highest BCUT2D eigenvalue weighted by Gasteiger charge is 2.29. The summed E-state index contributed by atoms with van der Waals surface area (Å²) in [4.78, 5) is 5.36. The number of halogens is 1. The molecule has 0 amide bonds. The molecule has 106 valence electrons. The van der Waals surface area contributed by atoms with Crippen LogP contribution in [-0.4, -0.2) is 11.5 Å². The molecule has 2 heterocycles. The summed E-state index contributed by atoms with van der Waals surface area (Å²) in [5.41, 5.74) is 3.11. The lowest BCUT2D eigenvalue weighted by Gasteiger charge is -2.32. The average Bonchev–Trinajstić information content (AvgIpc) is 2.99. The molecule has 0 saturated carbocycles. The van der Waals surface area contributed by atoms with Crippen molar-refractivity contribution in [1.82, 2.24) is 10.3 Å². The summed E-state index contributed by atoms with van der Waals surface area (Å²) >= 11 is 5.21. The van der Waals surface area contributed by atoms with Gasteiger partial charge in [-0.25, -0.2) is 0 Å².